The van der Waals surface area contributed by atoms with Crippen LogP contribution in [0.5, 0.6) is 0 Å². The first-order valence-corrected chi connectivity index (χ1v) is 12.9. The third-order valence-electron chi connectivity index (χ3n) is 6.65. The minimum absolute atomic E-state index is 0.0443. The first-order chi connectivity index (χ1) is 18.8. The second-order valence-corrected chi connectivity index (χ2v) is 9.34. The minimum atomic E-state index is -4.75. The smallest absolute Gasteiger partial charge is 0.395 e. The van der Waals surface area contributed by atoms with E-state index >= 15 is 0 Å². The Hall–Kier alpha value is -2.97. The molecule has 1 amide bonds. The number of hydrogen-bond acceptors (Lipinski definition) is 6. The van der Waals surface area contributed by atoms with Crippen LogP contribution in [0.4, 0.5) is 26.3 Å². The van der Waals surface area contributed by atoms with Crippen molar-refractivity contribution in [1.29, 1.82) is 0 Å². The second-order valence-electron chi connectivity index (χ2n) is 9.34. The van der Waals surface area contributed by atoms with Crippen molar-refractivity contribution in [2.75, 3.05) is 26.7 Å². The zero-order valence-electron chi connectivity index (χ0n) is 22.6. The number of halogens is 6. The Morgan fingerprint density at radius 3 is 2.33 bits per heavy atom. The number of hydrogen-bond donors (Lipinski definition) is 2. The summed E-state index contributed by atoms with van der Waals surface area (Å²) in [6.07, 6.45) is -2.70. The third kappa shape index (κ3) is 8.27. The summed E-state index contributed by atoms with van der Waals surface area (Å²) in [4.78, 5) is 30.3. The lowest BCUT2D eigenvalue weighted by atomic mass is 10.0. The molecule has 2 aliphatic heterocycles. The van der Waals surface area contributed by atoms with Crippen molar-refractivity contribution >= 4 is 12.2 Å². The van der Waals surface area contributed by atoms with E-state index in [1.165, 1.54) is 17.7 Å². The van der Waals surface area contributed by atoms with Crippen molar-refractivity contribution in [2.45, 2.75) is 70.9 Å². The molecular formula is C26H35F6N5O3. The molecule has 1 aromatic carbocycles. The van der Waals surface area contributed by atoms with Gasteiger partial charge in [0.15, 0.2) is 17.9 Å². The van der Waals surface area contributed by atoms with Gasteiger partial charge in [-0.1, -0.05) is 13.8 Å². The maximum atomic E-state index is 13.7. The van der Waals surface area contributed by atoms with Gasteiger partial charge in [-0.05, 0) is 44.5 Å². The number of aliphatic hydroxyl groups is 1. The van der Waals surface area contributed by atoms with Gasteiger partial charge in [0, 0.05) is 37.7 Å². The number of aromatic nitrogens is 2. The van der Waals surface area contributed by atoms with Gasteiger partial charge in [0.25, 0.3) is 0 Å². The summed E-state index contributed by atoms with van der Waals surface area (Å²) in [6, 6.07) is 0.545. The van der Waals surface area contributed by atoms with E-state index in [1.54, 1.807) is 0 Å². The molecule has 14 heteroatoms. The highest BCUT2D eigenvalue weighted by Crippen LogP contribution is 2.32. The molecule has 1 saturated heterocycles. The van der Waals surface area contributed by atoms with E-state index in [0.717, 1.165) is 11.1 Å². The predicted octanol–water partition coefficient (Wildman–Crippen LogP) is 3.53. The van der Waals surface area contributed by atoms with Gasteiger partial charge in [-0.2, -0.15) is 13.2 Å². The van der Waals surface area contributed by atoms with E-state index in [9.17, 15) is 35.9 Å². The number of carbonyl (C=O) groups is 2. The largest absolute Gasteiger partial charge is 0.449 e. The highest BCUT2D eigenvalue weighted by atomic mass is 19.4. The molecule has 3 N–H and O–H groups in total. The number of imidazole rings is 1. The summed E-state index contributed by atoms with van der Waals surface area (Å²) in [5.41, 5.74) is 5.17. The van der Waals surface area contributed by atoms with Crippen LogP contribution in [0.1, 0.15) is 60.7 Å². The fraction of sp³-hybridized carbons (Fsp3) is 0.577. The average molecular weight is 580 g/mol. The molecule has 0 radical (unpaired) electrons. The molecule has 40 heavy (non-hydrogen) atoms. The molecule has 2 unspecified atom stereocenters. The number of rotatable bonds is 6. The quantitative estimate of drug-likeness (QED) is 0.308. The fourth-order valence-corrected chi connectivity index (χ4v) is 4.55. The highest BCUT2D eigenvalue weighted by Gasteiger charge is 2.40. The van der Waals surface area contributed by atoms with Gasteiger partial charge in [-0.15, -0.1) is 0 Å². The monoisotopic (exact) mass is 579 g/mol. The van der Waals surface area contributed by atoms with Gasteiger partial charge in [-0.25, -0.2) is 18.2 Å². The van der Waals surface area contributed by atoms with Gasteiger partial charge in [0.2, 0.25) is 11.7 Å². The van der Waals surface area contributed by atoms with Crippen LogP contribution in [0.25, 0.3) is 0 Å². The molecule has 2 atom stereocenters. The summed E-state index contributed by atoms with van der Waals surface area (Å²) < 4.78 is 80.1. The van der Waals surface area contributed by atoms with Gasteiger partial charge < -0.3 is 25.2 Å². The van der Waals surface area contributed by atoms with Crippen LogP contribution in [0.3, 0.4) is 0 Å². The summed E-state index contributed by atoms with van der Waals surface area (Å²) in [6.45, 7) is 4.92. The number of amides is 1. The normalized spacial score (nSPS) is 17.8. The van der Waals surface area contributed by atoms with Crippen molar-refractivity contribution in [1.82, 2.24) is 19.4 Å². The molecule has 2 aromatic rings. The van der Waals surface area contributed by atoms with E-state index in [2.05, 4.69) is 16.9 Å². The minimum Gasteiger partial charge on any atom is -0.395 e. The van der Waals surface area contributed by atoms with E-state index in [-0.39, 0.29) is 50.0 Å². The van der Waals surface area contributed by atoms with Crippen LogP contribution < -0.4 is 5.73 Å². The maximum absolute atomic E-state index is 13.7. The number of nitrogens with two attached hydrogens (primary N) is 1. The van der Waals surface area contributed by atoms with Gasteiger partial charge in [0.05, 0.1) is 18.8 Å². The zero-order chi connectivity index (χ0) is 30.2. The Morgan fingerprint density at radius 1 is 1.15 bits per heavy atom. The van der Waals surface area contributed by atoms with E-state index in [4.69, 9.17) is 10.8 Å². The lowest BCUT2D eigenvalue weighted by molar-refractivity contribution is -0.148. The molecule has 1 aromatic heterocycles. The third-order valence-corrected chi connectivity index (χ3v) is 6.65. The average Bonchev–Trinajstić information content (AvgIpc) is 3.51. The molecule has 4 rings (SSSR count). The summed E-state index contributed by atoms with van der Waals surface area (Å²) in [5.74, 6) is -5.36. The van der Waals surface area contributed by atoms with Crippen LogP contribution in [-0.4, -0.2) is 75.5 Å². The molecule has 0 bridgehead atoms. The number of aldehydes is 1. The molecule has 0 saturated carbocycles. The van der Waals surface area contributed by atoms with E-state index < -0.39 is 47.1 Å². The predicted molar refractivity (Wildman–Crippen MR) is 135 cm³/mol. The van der Waals surface area contributed by atoms with Crippen molar-refractivity contribution in [2.24, 2.45) is 5.73 Å². The topological polar surface area (TPSA) is 105 Å². The van der Waals surface area contributed by atoms with Crippen molar-refractivity contribution in [3.05, 3.63) is 52.4 Å². The standard InChI is InChI=1S/C18H16F6N4O2.C6H13NO.C2H6/c19-11-6-13(21)12(20)4-9(11)3-10(25)5-16(30)27-1-2-28-15(7-27)14(8-29)26-17(28)18(22,23)24;1-7-4-2-3-6(7)5-8;1-2/h4,6,8,10H,1-3,5,7,25H2;6,8H,2-5H2,1H3;1-2H3. The molecule has 2 aliphatic rings. The van der Waals surface area contributed by atoms with E-state index in [0.29, 0.717) is 24.8 Å². The molecule has 8 nitrogen and oxygen atoms in total. The Balaban J connectivity index is 0.000000475. The Kier molecular flexibility index (Phi) is 12.1. The number of aliphatic hydroxyl groups excluding tert-OH is 1. The molecule has 224 valence electrons. The molecule has 0 spiro atoms. The number of fused-ring (bicyclic) bond motifs is 1. The fourth-order valence-electron chi connectivity index (χ4n) is 4.55. The summed E-state index contributed by atoms with van der Waals surface area (Å²) >= 11 is 0. The number of likely N-dealkylation sites (N-methyl/N-ethyl adjacent to an activating group) is 1. The Morgan fingerprint density at radius 2 is 1.80 bits per heavy atom. The first kappa shape index (κ1) is 33.2. The van der Waals surface area contributed by atoms with Gasteiger partial charge >= 0.3 is 6.18 Å². The lowest BCUT2D eigenvalue weighted by Gasteiger charge is -2.30. The van der Waals surface area contributed by atoms with Crippen LogP contribution >= 0.6 is 0 Å². The van der Waals surface area contributed by atoms with Gasteiger partial charge in [-0.3, -0.25) is 9.59 Å². The number of carbonyl (C=O) groups excluding carboxylic acids is 2. The van der Waals surface area contributed by atoms with Crippen LogP contribution in [0.2, 0.25) is 0 Å². The van der Waals surface area contributed by atoms with Crippen molar-refractivity contribution < 1.29 is 41.0 Å². The number of nitrogens with zero attached hydrogens (tertiary/aromatic N) is 4. The number of likely N-dealkylation sites (tertiary alicyclic amines) is 1. The maximum Gasteiger partial charge on any atom is 0.449 e. The van der Waals surface area contributed by atoms with Crippen LogP contribution in [0, 0.1) is 17.5 Å². The van der Waals surface area contributed by atoms with E-state index in [1.807, 2.05) is 13.8 Å². The van der Waals surface area contributed by atoms with Crippen LogP contribution in [0.15, 0.2) is 12.1 Å². The summed E-state index contributed by atoms with van der Waals surface area (Å²) in [5, 5.41) is 8.69. The SMILES string of the molecule is CC.CN1CCCC1CO.NC(CC(=O)N1CCn2c(C(F)(F)F)nc(C=O)c2C1)Cc1cc(F)c(F)cc1F. The van der Waals surface area contributed by atoms with Crippen molar-refractivity contribution in [3.8, 4) is 0 Å². The first-order valence-electron chi connectivity index (χ1n) is 12.9. The Bertz CT molecular complexity index is 1160. The lowest BCUT2D eigenvalue weighted by Crippen LogP contribution is -2.42. The van der Waals surface area contributed by atoms with Crippen LogP contribution in [-0.2, 0) is 30.5 Å². The zero-order valence-corrected chi connectivity index (χ0v) is 22.6. The highest BCUT2D eigenvalue weighted by molar-refractivity contribution is 5.78. The second kappa shape index (κ2) is 14.6. The van der Waals surface area contributed by atoms with Gasteiger partial charge in [0.1, 0.15) is 11.5 Å². The number of benzene rings is 1. The molecule has 0 aliphatic carbocycles. The molecule has 1 fully saturated rings. The summed E-state index contributed by atoms with van der Waals surface area (Å²) in [7, 11) is 2.06. The molecular weight excluding hydrogens is 544 g/mol. The number of alkyl halides is 3. The van der Waals surface area contributed by atoms with Crippen molar-refractivity contribution in [3.63, 3.8) is 0 Å². The molecule has 3 heterocycles. The Labute approximate surface area is 228 Å².